The summed E-state index contributed by atoms with van der Waals surface area (Å²) in [6.07, 6.45) is 3.86. The largest absolute Gasteiger partial charge is 0.359 e. The Labute approximate surface area is 230 Å². The number of piperidine rings is 1. The van der Waals surface area contributed by atoms with Crippen molar-refractivity contribution in [3.63, 3.8) is 0 Å². The molecule has 39 heavy (non-hydrogen) atoms. The third-order valence-electron chi connectivity index (χ3n) is 5.65. The van der Waals surface area contributed by atoms with Crippen molar-refractivity contribution >= 4 is 45.9 Å². The number of nitrogens with zero attached hydrogens (tertiary/aromatic N) is 2. The third kappa shape index (κ3) is 9.64. The van der Waals surface area contributed by atoms with Gasteiger partial charge in [0.2, 0.25) is 16.4 Å². The number of carbonyl (C=O) groups is 3. The van der Waals surface area contributed by atoms with E-state index in [0.29, 0.717) is 31.4 Å². The molecule has 1 aromatic heterocycles. The summed E-state index contributed by atoms with van der Waals surface area (Å²) < 4.78 is 69.5. The fourth-order valence-electron chi connectivity index (χ4n) is 3.60. The van der Waals surface area contributed by atoms with Crippen molar-refractivity contribution in [1.29, 1.82) is 0 Å². The predicted octanol–water partition coefficient (Wildman–Crippen LogP) is 3.07. The van der Waals surface area contributed by atoms with Crippen LogP contribution in [0.15, 0.2) is 23.2 Å². The second-order valence-electron chi connectivity index (χ2n) is 8.56. The first-order chi connectivity index (χ1) is 18.2. The SMILES string of the molecule is CC1CC(NS(=O)(=O)c2cn(C)c(C(=O)Nc3cc(F)c(F)c(F)c3)c2Cl)CCN1C.CC=O.CCNC=O. The molecule has 1 saturated heterocycles. The van der Waals surface area contributed by atoms with E-state index in [1.165, 1.54) is 24.7 Å². The number of aldehydes is 1. The standard InChI is InChI=1S/C19H22ClF3N4O3S.C3H7NO.C2H4O/c1-10-6-11(4-5-26(10)2)25-31(29,30)15-9-27(3)18(16(15)20)19(28)24-12-7-13(21)17(23)14(22)8-12;1-2-4-3-5;1-2-3/h7-11,25H,4-6H2,1-3H3,(H,24,28);3H,2H2,1H3,(H,4,5);2H,1H3. The Hall–Kier alpha value is -2.94. The van der Waals surface area contributed by atoms with Crippen LogP contribution in [-0.2, 0) is 26.7 Å². The van der Waals surface area contributed by atoms with Crippen LogP contribution in [0.1, 0.15) is 44.1 Å². The highest BCUT2D eigenvalue weighted by Gasteiger charge is 2.31. The van der Waals surface area contributed by atoms with Gasteiger partial charge in [0.1, 0.15) is 16.9 Å². The lowest BCUT2D eigenvalue weighted by Gasteiger charge is -2.35. The molecule has 0 saturated carbocycles. The Morgan fingerprint density at radius 1 is 1.18 bits per heavy atom. The number of sulfonamides is 1. The minimum atomic E-state index is -4.03. The Balaban J connectivity index is 0.000000838. The lowest BCUT2D eigenvalue weighted by atomic mass is 10.0. The molecular formula is C24H33ClF3N5O5S. The number of anilines is 1. The van der Waals surface area contributed by atoms with Crippen molar-refractivity contribution in [2.24, 2.45) is 7.05 Å². The van der Waals surface area contributed by atoms with Crippen LogP contribution < -0.4 is 15.4 Å². The molecule has 10 nitrogen and oxygen atoms in total. The number of nitrogens with one attached hydrogen (secondary N) is 3. The van der Waals surface area contributed by atoms with Gasteiger partial charge in [-0.05, 0) is 47.2 Å². The van der Waals surface area contributed by atoms with Crippen LogP contribution >= 0.6 is 11.6 Å². The molecular weight excluding hydrogens is 563 g/mol. The van der Waals surface area contributed by atoms with Crippen LogP contribution in [0.4, 0.5) is 18.9 Å². The van der Waals surface area contributed by atoms with Gasteiger partial charge in [-0.3, -0.25) is 9.59 Å². The summed E-state index contributed by atoms with van der Waals surface area (Å²) in [6, 6.07) is 1.13. The van der Waals surface area contributed by atoms with Gasteiger partial charge in [0.15, 0.2) is 17.5 Å². The molecule has 1 fully saturated rings. The topological polar surface area (TPSA) is 130 Å². The first-order valence-electron chi connectivity index (χ1n) is 11.8. The monoisotopic (exact) mass is 595 g/mol. The number of likely N-dealkylation sites (tertiary alicyclic amines) is 1. The van der Waals surface area contributed by atoms with Crippen molar-refractivity contribution in [1.82, 2.24) is 19.5 Å². The highest BCUT2D eigenvalue weighted by atomic mass is 35.5. The quantitative estimate of drug-likeness (QED) is 0.333. The van der Waals surface area contributed by atoms with E-state index in [9.17, 15) is 31.2 Å². The maximum atomic E-state index is 13.4. The molecule has 1 aromatic carbocycles. The number of carbonyl (C=O) groups excluding carboxylic acids is 3. The molecule has 2 heterocycles. The molecule has 0 radical (unpaired) electrons. The third-order valence-corrected chi connectivity index (χ3v) is 7.68. The van der Waals surface area contributed by atoms with E-state index in [1.54, 1.807) is 0 Å². The van der Waals surface area contributed by atoms with E-state index in [1.807, 2.05) is 20.9 Å². The van der Waals surface area contributed by atoms with Gasteiger partial charge in [0, 0.05) is 49.7 Å². The number of rotatable bonds is 7. The molecule has 218 valence electrons. The van der Waals surface area contributed by atoms with Crippen LogP contribution in [0.5, 0.6) is 0 Å². The number of halogens is 4. The molecule has 0 aliphatic carbocycles. The zero-order valence-electron chi connectivity index (χ0n) is 22.2. The van der Waals surface area contributed by atoms with Gasteiger partial charge in [-0.15, -0.1) is 0 Å². The molecule has 2 amide bonds. The average Bonchev–Trinajstić information content (AvgIpc) is 3.16. The minimum Gasteiger partial charge on any atom is -0.359 e. The second kappa shape index (κ2) is 15.6. The molecule has 1 aliphatic heterocycles. The number of aromatic nitrogens is 1. The summed E-state index contributed by atoms with van der Waals surface area (Å²) in [5, 5.41) is 4.29. The second-order valence-corrected chi connectivity index (χ2v) is 10.6. The molecule has 15 heteroatoms. The summed E-state index contributed by atoms with van der Waals surface area (Å²) >= 11 is 6.22. The van der Waals surface area contributed by atoms with Crippen LogP contribution in [-0.4, -0.2) is 68.7 Å². The van der Waals surface area contributed by atoms with Gasteiger partial charge in [-0.1, -0.05) is 11.6 Å². The van der Waals surface area contributed by atoms with Gasteiger partial charge < -0.3 is 24.9 Å². The van der Waals surface area contributed by atoms with E-state index < -0.39 is 33.4 Å². The Morgan fingerprint density at radius 3 is 2.21 bits per heavy atom. The molecule has 3 N–H and O–H groups in total. The summed E-state index contributed by atoms with van der Waals surface area (Å²) in [7, 11) is -0.658. The van der Waals surface area contributed by atoms with Crippen molar-refractivity contribution in [2.45, 2.75) is 50.6 Å². The summed E-state index contributed by atoms with van der Waals surface area (Å²) in [4.78, 5) is 32.5. The van der Waals surface area contributed by atoms with Crippen molar-refractivity contribution in [3.05, 3.63) is 46.5 Å². The van der Waals surface area contributed by atoms with E-state index in [2.05, 4.69) is 20.3 Å². The van der Waals surface area contributed by atoms with Crippen LogP contribution in [0.2, 0.25) is 5.02 Å². The van der Waals surface area contributed by atoms with Gasteiger partial charge in [-0.25, -0.2) is 26.3 Å². The molecule has 2 atom stereocenters. The molecule has 1 aliphatic rings. The number of hydrogen-bond donors (Lipinski definition) is 3. The average molecular weight is 596 g/mol. The summed E-state index contributed by atoms with van der Waals surface area (Å²) in [6.45, 7) is 6.77. The summed E-state index contributed by atoms with van der Waals surface area (Å²) in [5.74, 6) is -5.54. The van der Waals surface area contributed by atoms with Gasteiger partial charge in [-0.2, -0.15) is 0 Å². The Morgan fingerprint density at radius 2 is 1.74 bits per heavy atom. The lowest BCUT2D eigenvalue weighted by molar-refractivity contribution is -0.109. The smallest absolute Gasteiger partial charge is 0.273 e. The zero-order chi connectivity index (χ0) is 29.9. The number of amides is 2. The van der Waals surface area contributed by atoms with Crippen LogP contribution in [0.3, 0.4) is 0 Å². The maximum absolute atomic E-state index is 13.4. The first-order valence-corrected chi connectivity index (χ1v) is 13.7. The fraction of sp³-hybridized carbons (Fsp3) is 0.458. The molecule has 0 bridgehead atoms. The fourth-order valence-corrected chi connectivity index (χ4v) is 5.58. The van der Waals surface area contributed by atoms with E-state index in [-0.39, 0.29) is 33.4 Å². The van der Waals surface area contributed by atoms with Crippen LogP contribution in [0.25, 0.3) is 0 Å². The lowest BCUT2D eigenvalue weighted by Crippen LogP contribution is -2.47. The van der Waals surface area contributed by atoms with E-state index in [0.717, 1.165) is 19.4 Å². The van der Waals surface area contributed by atoms with Crippen molar-refractivity contribution < 1.29 is 36.0 Å². The minimum absolute atomic E-state index is 0.200. The normalized spacial score (nSPS) is 17.2. The first kappa shape index (κ1) is 34.1. The van der Waals surface area contributed by atoms with Gasteiger partial charge in [0.05, 0.1) is 5.02 Å². The van der Waals surface area contributed by atoms with E-state index in [4.69, 9.17) is 16.4 Å². The molecule has 3 rings (SSSR count). The molecule has 2 unspecified atom stereocenters. The highest BCUT2D eigenvalue weighted by molar-refractivity contribution is 7.89. The van der Waals surface area contributed by atoms with Crippen LogP contribution in [0, 0.1) is 17.5 Å². The van der Waals surface area contributed by atoms with Crippen molar-refractivity contribution in [3.8, 4) is 0 Å². The molecule has 0 spiro atoms. The zero-order valence-corrected chi connectivity index (χ0v) is 23.8. The Kier molecular flexibility index (Phi) is 13.6. The maximum Gasteiger partial charge on any atom is 0.273 e. The van der Waals surface area contributed by atoms with E-state index >= 15 is 0 Å². The van der Waals surface area contributed by atoms with Gasteiger partial charge in [0.25, 0.3) is 5.91 Å². The number of benzene rings is 1. The predicted molar refractivity (Wildman–Crippen MR) is 142 cm³/mol. The Bertz CT molecular complexity index is 1240. The highest BCUT2D eigenvalue weighted by Crippen LogP contribution is 2.29. The van der Waals surface area contributed by atoms with Gasteiger partial charge >= 0.3 is 0 Å². The number of hydrogen-bond acceptors (Lipinski definition) is 6. The number of aryl methyl sites for hydroxylation is 1. The summed E-state index contributed by atoms with van der Waals surface area (Å²) in [5.41, 5.74) is -0.578. The van der Waals surface area contributed by atoms with Crippen molar-refractivity contribution in [2.75, 3.05) is 25.5 Å². The molecule has 2 aromatic rings.